The molecular weight excluding hydrogens is 267 g/mol. The Kier molecular flexibility index (Phi) is 5.77. The van der Waals surface area contributed by atoms with Gasteiger partial charge in [0.15, 0.2) is 0 Å². The fourth-order valence-electron chi connectivity index (χ4n) is 3.29. The van der Waals surface area contributed by atoms with E-state index in [1.54, 1.807) is 5.56 Å². The van der Waals surface area contributed by atoms with Gasteiger partial charge in [0.25, 0.3) is 0 Å². The van der Waals surface area contributed by atoms with Crippen molar-refractivity contribution in [1.82, 2.24) is 5.32 Å². The third-order valence-corrected chi connectivity index (χ3v) is 4.17. The normalized spacial score (nSPS) is 22.9. The van der Waals surface area contributed by atoms with Crippen LogP contribution in [0.25, 0.3) is 0 Å². The van der Waals surface area contributed by atoms with Crippen molar-refractivity contribution in [2.24, 2.45) is 5.92 Å². The molecule has 2 nitrogen and oxygen atoms in total. The number of para-hydroxylation sites is 1. The van der Waals surface area contributed by atoms with E-state index in [1.165, 1.54) is 38.2 Å². The number of fused-ring (bicyclic) bond motifs is 1. The lowest BCUT2D eigenvalue weighted by atomic mass is 9.82. The molecule has 3 rings (SSSR count). The molecule has 0 radical (unpaired) electrons. The van der Waals surface area contributed by atoms with Gasteiger partial charge in [-0.1, -0.05) is 18.2 Å². The molecule has 1 aromatic carbocycles. The lowest BCUT2D eigenvalue weighted by Crippen LogP contribution is -2.32. The third kappa shape index (κ3) is 2.76. The van der Waals surface area contributed by atoms with Gasteiger partial charge < -0.3 is 10.2 Å². The Hall–Kier alpha value is -0.440. The highest BCUT2D eigenvalue weighted by molar-refractivity contribution is 5.85. The standard InChI is InChI=1S/C14H20N2.2ClH/c1-16-10-13(11-6-8-15-9-7-11)12-4-2-3-5-14(12)16;;/h2-5,11,13,15H,6-10H2,1H3;2*1H. The summed E-state index contributed by atoms with van der Waals surface area (Å²) >= 11 is 0. The van der Waals surface area contributed by atoms with Gasteiger partial charge in [-0.3, -0.25) is 0 Å². The van der Waals surface area contributed by atoms with Gasteiger partial charge in [-0.2, -0.15) is 0 Å². The summed E-state index contributed by atoms with van der Waals surface area (Å²) in [6.07, 6.45) is 2.68. The molecule has 1 fully saturated rings. The van der Waals surface area contributed by atoms with Gasteiger partial charge in [-0.15, -0.1) is 24.8 Å². The average Bonchev–Trinajstić information content (AvgIpc) is 2.69. The van der Waals surface area contributed by atoms with Crippen molar-refractivity contribution in [1.29, 1.82) is 0 Å². The number of nitrogens with zero attached hydrogens (tertiary/aromatic N) is 1. The highest BCUT2D eigenvalue weighted by Crippen LogP contribution is 2.41. The SMILES string of the molecule is CN1CC(C2CCNCC2)c2ccccc21.Cl.Cl. The Labute approximate surface area is 122 Å². The van der Waals surface area contributed by atoms with Gasteiger partial charge in [0, 0.05) is 25.2 Å². The number of hydrogen-bond acceptors (Lipinski definition) is 2. The molecule has 4 heteroatoms. The fourth-order valence-corrected chi connectivity index (χ4v) is 3.29. The minimum Gasteiger partial charge on any atom is -0.374 e. The monoisotopic (exact) mass is 288 g/mol. The average molecular weight is 289 g/mol. The number of anilines is 1. The van der Waals surface area contributed by atoms with Crippen LogP contribution in [0.2, 0.25) is 0 Å². The quantitative estimate of drug-likeness (QED) is 0.855. The molecule has 1 aromatic rings. The number of likely N-dealkylation sites (N-methyl/N-ethyl adjacent to an activating group) is 1. The van der Waals surface area contributed by atoms with Gasteiger partial charge >= 0.3 is 0 Å². The molecular formula is C14H22Cl2N2. The molecule has 0 amide bonds. The van der Waals surface area contributed by atoms with Crippen molar-refractivity contribution in [2.75, 3.05) is 31.6 Å². The van der Waals surface area contributed by atoms with Crippen LogP contribution in [-0.2, 0) is 0 Å². The second kappa shape index (κ2) is 6.65. The largest absolute Gasteiger partial charge is 0.374 e. The number of rotatable bonds is 1. The predicted octanol–water partition coefficient (Wildman–Crippen LogP) is 3.06. The van der Waals surface area contributed by atoms with E-state index in [0.29, 0.717) is 0 Å². The third-order valence-electron chi connectivity index (χ3n) is 4.17. The molecule has 2 heterocycles. The lowest BCUT2D eigenvalue weighted by Gasteiger charge is -2.28. The van der Waals surface area contributed by atoms with Crippen molar-refractivity contribution in [3.8, 4) is 0 Å². The Morgan fingerprint density at radius 1 is 1.11 bits per heavy atom. The van der Waals surface area contributed by atoms with Crippen LogP contribution in [-0.4, -0.2) is 26.7 Å². The zero-order chi connectivity index (χ0) is 11.0. The second-order valence-corrected chi connectivity index (χ2v) is 5.13. The zero-order valence-corrected chi connectivity index (χ0v) is 12.4. The van der Waals surface area contributed by atoms with Crippen LogP contribution in [0.15, 0.2) is 24.3 Å². The van der Waals surface area contributed by atoms with Crippen LogP contribution >= 0.6 is 24.8 Å². The van der Waals surface area contributed by atoms with Crippen LogP contribution in [0.4, 0.5) is 5.69 Å². The van der Waals surface area contributed by atoms with E-state index in [1.807, 2.05) is 0 Å². The molecule has 18 heavy (non-hydrogen) atoms. The van der Waals surface area contributed by atoms with Crippen LogP contribution < -0.4 is 10.2 Å². The molecule has 0 spiro atoms. The molecule has 0 aromatic heterocycles. The molecule has 102 valence electrons. The maximum atomic E-state index is 3.46. The van der Waals surface area contributed by atoms with Crippen LogP contribution in [0.3, 0.4) is 0 Å². The van der Waals surface area contributed by atoms with Gasteiger partial charge in [-0.25, -0.2) is 0 Å². The van der Waals surface area contributed by atoms with Gasteiger partial charge in [0.2, 0.25) is 0 Å². The summed E-state index contributed by atoms with van der Waals surface area (Å²) in [6, 6.07) is 8.92. The topological polar surface area (TPSA) is 15.3 Å². The molecule has 1 saturated heterocycles. The van der Waals surface area contributed by atoms with Crippen molar-refractivity contribution < 1.29 is 0 Å². The van der Waals surface area contributed by atoms with E-state index in [9.17, 15) is 0 Å². The van der Waals surface area contributed by atoms with Crippen molar-refractivity contribution in [2.45, 2.75) is 18.8 Å². The Morgan fingerprint density at radius 3 is 2.50 bits per heavy atom. The van der Waals surface area contributed by atoms with E-state index < -0.39 is 0 Å². The molecule has 0 saturated carbocycles. The number of hydrogen-bond donors (Lipinski definition) is 1. The van der Waals surface area contributed by atoms with E-state index in [4.69, 9.17) is 0 Å². The van der Waals surface area contributed by atoms with Gasteiger partial charge in [0.05, 0.1) is 0 Å². The van der Waals surface area contributed by atoms with E-state index in [-0.39, 0.29) is 24.8 Å². The maximum absolute atomic E-state index is 3.46. The Bertz CT molecular complexity index is 378. The Morgan fingerprint density at radius 2 is 1.78 bits per heavy atom. The van der Waals surface area contributed by atoms with Crippen LogP contribution in [0.5, 0.6) is 0 Å². The predicted molar refractivity (Wildman–Crippen MR) is 82.5 cm³/mol. The van der Waals surface area contributed by atoms with E-state index in [2.05, 4.69) is 41.5 Å². The lowest BCUT2D eigenvalue weighted by molar-refractivity contribution is 0.327. The second-order valence-electron chi connectivity index (χ2n) is 5.13. The summed E-state index contributed by atoms with van der Waals surface area (Å²) in [4.78, 5) is 2.42. The number of piperidine rings is 1. The number of halogens is 2. The molecule has 2 aliphatic rings. The smallest absolute Gasteiger partial charge is 0.0399 e. The molecule has 2 aliphatic heterocycles. The summed E-state index contributed by atoms with van der Waals surface area (Å²) < 4.78 is 0. The zero-order valence-electron chi connectivity index (χ0n) is 10.8. The van der Waals surface area contributed by atoms with Gasteiger partial charge in [-0.05, 0) is 43.5 Å². The highest BCUT2D eigenvalue weighted by atomic mass is 35.5. The molecule has 0 aliphatic carbocycles. The first kappa shape index (κ1) is 15.6. The summed E-state index contributed by atoms with van der Waals surface area (Å²) in [5, 5.41) is 3.46. The minimum atomic E-state index is 0. The van der Waals surface area contributed by atoms with E-state index in [0.717, 1.165) is 11.8 Å². The van der Waals surface area contributed by atoms with Crippen molar-refractivity contribution in [3.05, 3.63) is 29.8 Å². The molecule has 1 atom stereocenters. The molecule has 1 unspecified atom stereocenters. The number of nitrogens with one attached hydrogen (secondary N) is 1. The molecule has 1 N–H and O–H groups in total. The van der Waals surface area contributed by atoms with Crippen molar-refractivity contribution in [3.63, 3.8) is 0 Å². The van der Waals surface area contributed by atoms with Crippen LogP contribution in [0, 0.1) is 5.92 Å². The summed E-state index contributed by atoms with van der Waals surface area (Å²) in [5.74, 6) is 1.65. The summed E-state index contributed by atoms with van der Waals surface area (Å²) in [7, 11) is 2.22. The summed E-state index contributed by atoms with van der Waals surface area (Å²) in [6.45, 7) is 3.62. The number of benzene rings is 1. The first-order valence-electron chi connectivity index (χ1n) is 6.37. The van der Waals surface area contributed by atoms with Gasteiger partial charge in [0.1, 0.15) is 0 Å². The van der Waals surface area contributed by atoms with E-state index >= 15 is 0 Å². The highest BCUT2D eigenvalue weighted by Gasteiger charge is 2.32. The molecule has 0 bridgehead atoms. The van der Waals surface area contributed by atoms with Crippen LogP contribution in [0.1, 0.15) is 24.3 Å². The first-order valence-corrected chi connectivity index (χ1v) is 6.37. The fraction of sp³-hybridized carbons (Fsp3) is 0.571. The summed E-state index contributed by atoms with van der Waals surface area (Å²) in [5.41, 5.74) is 3.03. The first-order chi connectivity index (χ1) is 7.86. The minimum absolute atomic E-state index is 0. The maximum Gasteiger partial charge on any atom is 0.0399 e. The van der Waals surface area contributed by atoms with Crippen molar-refractivity contribution >= 4 is 30.5 Å². The Balaban J connectivity index is 0.000000810.